The minimum atomic E-state index is -0.259. The molecule has 0 aliphatic carbocycles. The third-order valence-corrected chi connectivity index (χ3v) is 2.20. The van der Waals surface area contributed by atoms with E-state index in [0.29, 0.717) is 17.8 Å². The van der Waals surface area contributed by atoms with Crippen LogP contribution in [-0.2, 0) is 6.42 Å². The van der Waals surface area contributed by atoms with Crippen molar-refractivity contribution >= 4 is 16.6 Å². The maximum Gasteiger partial charge on any atom is 0.145 e. The van der Waals surface area contributed by atoms with Gasteiger partial charge in [-0.2, -0.15) is 0 Å². The number of nitrogen functional groups attached to an aromatic ring is 1. The van der Waals surface area contributed by atoms with Gasteiger partial charge in [0.25, 0.3) is 0 Å². The van der Waals surface area contributed by atoms with E-state index in [0.717, 1.165) is 10.9 Å². The van der Waals surface area contributed by atoms with E-state index in [1.54, 1.807) is 12.1 Å². The SMILES string of the molecule is CCc1nc2ccc(N)cc2cc1F. The van der Waals surface area contributed by atoms with E-state index in [2.05, 4.69) is 4.98 Å². The number of rotatable bonds is 1. The first-order valence-electron chi connectivity index (χ1n) is 4.55. The topological polar surface area (TPSA) is 38.9 Å². The van der Waals surface area contributed by atoms with E-state index in [9.17, 15) is 4.39 Å². The number of aromatic nitrogens is 1. The molecule has 0 unspecified atom stereocenters. The lowest BCUT2D eigenvalue weighted by atomic mass is 10.1. The van der Waals surface area contributed by atoms with Gasteiger partial charge in [-0.15, -0.1) is 0 Å². The summed E-state index contributed by atoms with van der Waals surface area (Å²) in [7, 11) is 0. The Labute approximate surface area is 81.6 Å². The molecule has 0 aliphatic heterocycles. The highest BCUT2D eigenvalue weighted by Crippen LogP contribution is 2.18. The van der Waals surface area contributed by atoms with Crippen LogP contribution in [0.25, 0.3) is 10.9 Å². The molecule has 0 saturated heterocycles. The number of hydrogen-bond acceptors (Lipinski definition) is 2. The van der Waals surface area contributed by atoms with Gasteiger partial charge in [0.05, 0.1) is 11.2 Å². The number of benzene rings is 1. The lowest BCUT2D eigenvalue weighted by Crippen LogP contribution is -1.94. The fourth-order valence-electron chi connectivity index (χ4n) is 1.46. The van der Waals surface area contributed by atoms with Gasteiger partial charge in [-0.3, -0.25) is 0 Å². The minimum Gasteiger partial charge on any atom is -0.399 e. The molecule has 2 N–H and O–H groups in total. The molecule has 1 aromatic carbocycles. The molecule has 0 aliphatic rings. The predicted molar refractivity (Wildman–Crippen MR) is 55.5 cm³/mol. The van der Waals surface area contributed by atoms with Gasteiger partial charge in [0, 0.05) is 11.1 Å². The number of nitrogens with two attached hydrogens (primary N) is 1. The monoisotopic (exact) mass is 190 g/mol. The molecule has 14 heavy (non-hydrogen) atoms. The molecule has 72 valence electrons. The highest BCUT2D eigenvalue weighted by atomic mass is 19.1. The summed E-state index contributed by atoms with van der Waals surface area (Å²) in [5.74, 6) is -0.259. The molecular formula is C11H11FN2. The van der Waals surface area contributed by atoms with Crippen LogP contribution in [0.15, 0.2) is 24.3 Å². The van der Waals surface area contributed by atoms with Crippen molar-refractivity contribution in [1.82, 2.24) is 4.98 Å². The number of halogens is 1. The Morgan fingerprint density at radius 2 is 2.14 bits per heavy atom. The van der Waals surface area contributed by atoms with Gasteiger partial charge in [0.2, 0.25) is 0 Å². The highest BCUT2D eigenvalue weighted by molar-refractivity contribution is 5.82. The summed E-state index contributed by atoms with van der Waals surface area (Å²) >= 11 is 0. The average Bonchev–Trinajstić information content (AvgIpc) is 2.16. The van der Waals surface area contributed by atoms with Crippen molar-refractivity contribution in [2.45, 2.75) is 13.3 Å². The Balaban J connectivity index is 2.73. The minimum absolute atomic E-state index is 0.259. The van der Waals surface area contributed by atoms with Crippen molar-refractivity contribution in [3.05, 3.63) is 35.8 Å². The molecule has 2 nitrogen and oxygen atoms in total. The van der Waals surface area contributed by atoms with Crippen molar-refractivity contribution in [3.8, 4) is 0 Å². The molecule has 1 aromatic heterocycles. The van der Waals surface area contributed by atoms with E-state index in [-0.39, 0.29) is 5.82 Å². The Bertz CT molecular complexity index is 480. The second kappa shape index (κ2) is 3.25. The highest BCUT2D eigenvalue weighted by Gasteiger charge is 2.04. The predicted octanol–water partition coefficient (Wildman–Crippen LogP) is 2.52. The average molecular weight is 190 g/mol. The third-order valence-electron chi connectivity index (χ3n) is 2.20. The van der Waals surface area contributed by atoms with Gasteiger partial charge in [0.15, 0.2) is 0 Å². The second-order valence-corrected chi connectivity index (χ2v) is 3.22. The summed E-state index contributed by atoms with van der Waals surface area (Å²) in [4.78, 5) is 4.20. The van der Waals surface area contributed by atoms with Crippen LogP contribution in [0.5, 0.6) is 0 Å². The van der Waals surface area contributed by atoms with Crippen LogP contribution >= 0.6 is 0 Å². The zero-order valence-corrected chi connectivity index (χ0v) is 7.92. The largest absolute Gasteiger partial charge is 0.399 e. The Morgan fingerprint density at radius 3 is 2.86 bits per heavy atom. The fraction of sp³-hybridized carbons (Fsp3) is 0.182. The summed E-state index contributed by atoms with van der Waals surface area (Å²) in [5.41, 5.74) is 7.51. The molecule has 2 aromatic rings. The van der Waals surface area contributed by atoms with Gasteiger partial charge in [-0.1, -0.05) is 6.92 Å². The van der Waals surface area contributed by atoms with E-state index >= 15 is 0 Å². The van der Waals surface area contributed by atoms with Gasteiger partial charge >= 0.3 is 0 Å². The molecule has 3 heteroatoms. The molecular weight excluding hydrogens is 179 g/mol. The summed E-state index contributed by atoms with van der Waals surface area (Å²) in [6.45, 7) is 1.88. The Hall–Kier alpha value is -1.64. The molecule has 1 heterocycles. The summed E-state index contributed by atoms with van der Waals surface area (Å²) < 4.78 is 13.3. The molecule has 0 fully saturated rings. The van der Waals surface area contributed by atoms with Gasteiger partial charge in [-0.25, -0.2) is 9.37 Å². The van der Waals surface area contributed by atoms with Crippen molar-refractivity contribution in [3.63, 3.8) is 0 Å². The quantitative estimate of drug-likeness (QED) is 0.702. The first-order valence-corrected chi connectivity index (χ1v) is 4.55. The number of aryl methyl sites for hydroxylation is 1. The number of pyridine rings is 1. The zero-order chi connectivity index (χ0) is 10.1. The van der Waals surface area contributed by atoms with Gasteiger partial charge < -0.3 is 5.73 Å². The van der Waals surface area contributed by atoms with Gasteiger partial charge in [-0.05, 0) is 30.7 Å². The number of fused-ring (bicyclic) bond motifs is 1. The first kappa shape index (κ1) is 8.94. The van der Waals surface area contributed by atoms with E-state index in [4.69, 9.17) is 5.73 Å². The Morgan fingerprint density at radius 1 is 1.36 bits per heavy atom. The van der Waals surface area contributed by atoms with Crippen molar-refractivity contribution in [2.24, 2.45) is 0 Å². The maximum atomic E-state index is 13.3. The molecule has 0 atom stereocenters. The van der Waals surface area contributed by atoms with E-state index < -0.39 is 0 Å². The van der Waals surface area contributed by atoms with Crippen LogP contribution in [0, 0.1) is 5.82 Å². The van der Waals surface area contributed by atoms with Crippen LogP contribution < -0.4 is 5.73 Å². The van der Waals surface area contributed by atoms with Crippen LogP contribution in [0.1, 0.15) is 12.6 Å². The smallest absolute Gasteiger partial charge is 0.145 e. The van der Waals surface area contributed by atoms with Crippen molar-refractivity contribution in [2.75, 3.05) is 5.73 Å². The standard InChI is InChI=1S/C11H11FN2/c1-2-10-9(12)6-7-5-8(13)3-4-11(7)14-10/h3-6H,2,13H2,1H3. The zero-order valence-electron chi connectivity index (χ0n) is 7.92. The molecule has 0 saturated carbocycles. The lowest BCUT2D eigenvalue weighted by molar-refractivity contribution is 0.605. The molecule has 0 bridgehead atoms. The van der Waals surface area contributed by atoms with Crippen LogP contribution in [0.2, 0.25) is 0 Å². The van der Waals surface area contributed by atoms with Crippen LogP contribution in [-0.4, -0.2) is 4.98 Å². The lowest BCUT2D eigenvalue weighted by Gasteiger charge is -2.03. The van der Waals surface area contributed by atoms with Crippen molar-refractivity contribution in [1.29, 1.82) is 0 Å². The second-order valence-electron chi connectivity index (χ2n) is 3.22. The number of hydrogen-bond donors (Lipinski definition) is 1. The summed E-state index contributed by atoms with van der Waals surface area (Å²) in [6.07, 6.45) is 0.603. The molecule has 2 rings (SSSR count). The normalized spacial score (nSPS) is 10.7. The van der Waals surface area contributed by atoms with Crippen molar-refractivity contribution < 1.29 is 4.39 Å². The number of nitrogens with zero attached hydrogens (tertiary/aromatic N) is 1. The Kier molecular flexibility index (Phi) is 2.08. The van der Waals surface area contributed by atoms with Crippen LogP contribution in [0.4, 0.5) is 10.1 Å². The maximum absolute atomic E-state index is 13.3. The summed E-state index contributed by atoms with van der Waals surface area (Å²) in [5, 5.41) is 0.750. The van der Waals surface area contributed by atoms with Crippen LogP contribution in [0.3, 0.4) is 0 Å². The van der Waals surface area contributed by atoms with Gasteiger partial charge in [0.1, 0.15) is 5.82 Å². The molecule has 0 spiro atoms. The molecule has 0 amide bonds. The fourth-order valence-corrected chi connectivity index (χ4v) is 1.46. The third kappa shape index (κ3) is 1.41. The first-order chi connectivity index (χ1) is 6.70. The van der Waals surface area contributed by atoms with E-state index in [1.807, 2.05) is 13.0 Å². The molecule has 0 radical (unpaired) electrons. The van der Waals surface area contributed by atoms with E-state index in [1.165, 1.54) is 6.07 Å². The summed E-state index contributed by atoms with van der Waals surface area (Å²) in [6, 6.07) is 6.79. The number of anilines is 1.